The van der Waals surface area contributed by atoms with Gasteiger partial charge in [0.05, 0.1) is 15.6 Å². The number of hydroxylamine groups is 2. The minimum Gasteiger partial charge on any atom is -0.367 e. The third-order valence-corrected chi connectivity index (χ3v) is 6.45. The summed E-state index contributed by atoms with van der Waals surface area (Å²) in [6.07, 6.45) is 0.792. The molecule has 1 aliphatic heterocycles. The SMILES string of the molecule is CC(=O)Nc1ccc(S(=O)(=O)C2CCN(OC(=O)C(C)(C)C)CC2)cc1. The predicted octanol–water partition coefficient (Wildman–Crippen LogP) is 2.39. The van der Waals surface area contributed by atoms with Crippen LogP contribution in [0.2, 0.25) is 0 Å². The number of amides is 1. The molecule has 1 aromatic carbocycles. The molecule has 1 saturated heterocycles. The highest BCUT2D eigenvalue weighted by atomic mass is 32.2. The van der Waals surface area contributed by atoms with Crippen LogP contribution in [-0.2, 0) is 24.3 Å². The zero-order chi connectivity index (χ0) is 19.5. The van der Waals surface area contributed by atoms with E-state index in [4.69, 9.17) is 4.84 Å². The quantitative estimate of drug-likeness (QED) is 0.859. The van der Waals surface area contributed by atoms with Gasteiger partial charge in [-0.3, -0.25) is 4.79 Å². The summed E-state index contributed by atoms with van der Waals surface area (Å²) in [6, 6.07) is 6.17. The summed E-state index contributed by atoms with van der Waals surface area (Å²) in [5.41, 5.74) is -0.0427. The highest BCUT2D eigenvalue weighted by Gasteiger charge is 2.34. The Morgan fingerprint density at radius 3 is 2.12 bits per heavy atom. The first-order valence-electron chi connectivity index (χ1n) is 8.59. The Morgan fingerprint density at radius 2 is 1.65 bits per heavy atom. The van der Waals surface area contributed by atoms with Crippen molar-refractivity contribution in [3.05, 3.63) is 24.3 Å². The van der Waals surface area contributed by atoms with Crippen molar-refractivity contribution in [2.75, 3.05) is 18.4 Å². The number of sulfone groups is 1. The van der Waals surface area contributed by atoms with Gasteiger partial charge in [0.2, 0.25) is 5.91 Å². The fourth-order valence-electron chi connectivity index (χ4n) is 2.61. The molecule has 26 heavy (non-hydrogen) atoms. The second-order valence-electron chi connectivity index (χ2n) is 7.51. The monoisotopic (exact) mass is 382 g/mol. The van der Waals surface area contributed by atoms with E-state index in [1.807, 2.05) is 0 Å². The molecule has 2 rings (SSSR count). The molecule has 0 unspecified atom stereocenters. The van der Waals surface area contributed by atoms with Crippen molar-refractivity contribution in [3.63, 3.8) is 0 Å². The summed E-state index contributed by atoms with van der Waals surface area (Å²) >= 11 is 0. The van der Waals surface area contributed by atoms with Crippen molar-refractivity contribution in [1.82, 2.24) is 5.06 Å². The lowest BCUT2D eigenvalue weighted by Gasteiger charge is -2.31. The molecule has 0 saturated carbocycles. The molecule has 1 aromatic rings. The molecule has 0 radical (unpaired) electrons. The third kappa shape index (κ3) is 5.04. The van der Waals surface area contributed by atoms with E-state index < -0.39 is 20.5 Å². The summed E-state index contributed by atoms with van der Waals surface area (Å²) in [7, 11) is -3.47. The van der Waals surface area contributed by atoms with Crippen molar-refractivity contribution in [1.29, 1.82) is 0 Å². The molecule has 1 fully saturated rings. The lowest BCUT2D eigenvalue weighted by Crippen LogP contribution is -2.42. The Kier molecular flexibility index (Phi) is 6.08. The van der Waals surface area contributed by atoms with Crippen molar-refractivity contribution < 1.29 is 22.8 Å². The molecule has 1 N–H and O–H groups in total. The van der Waals surface area contributed by atoms with Crippen LogP contribution in [0.1, 0.15) is 40.5 Å². The third-order valence-electron chi connectivity index (χ3n) is 4.17. The molecule has 1 heterocycles. The van der Waals surface area contributed by atoms with Crippen molar-refractivity contribution >= 4 is 27.4 Å². The van der Waals surface area contributed by atoms with E-state index in [9.17, 15) is 18.0 Å². The van der Waals surface area contributed by atoms with Gasteiger partial charge in [0.25, 0.3) is 0 Å². The number of hydrogen-bond acceptors (Lipinski definition) is 6. The molecule has 0 aromatic heterocycles. The molecule has 8 heteroatoms. The highest BCUT2D eigenvalue weighted by molar-refractivity contribution is 7.92. The maximum Gasteiger partial charge on any atom is 0.330 e. The van der Waals surface area contributed by atoms with Gasteiger partial charge in [0.1, 0.15) is 0 Å². The number of carbonyl (C=O) groups is 2. The Morgan fingerprint density at radius 1 is 1.12 bits per heavy atom. The number of carbonyl (C=O) groups excluding carboxylic acids is 2. The molecule has 0 spiro atoms. The number of anilines is 1. The molecular formula is C18H26N2O5S. The predicted molar refractivity (Wildman–Crippen MR) is 98.1 cm³/mol. The molecule has 7 nitrogen and oxygen atoms in total. The lowest BCUT2D eigenvalue weighted by atomic mass is 9.98. The van der Waals surface area contributed by atoms with Crippen LogP contribution in [0.25, 0.3) is 0 Å². The zero-order valence-corrected chi connectivity index (χ0v) is 16.4. The maximum absolute atomic E-state index is 12.8. The van der Waals surface area contributed by atoms with Gasteiger partial charge in [-0.25, -0.2) is 13.2 Å². The second kappa shape index (κ2) is 7.75. The second-order valence-corrected chi connectivity index (χ2v) is 9.74. The average molecular weight is 382 g/mol. The van der Waals surface area contributed by atoms with Gasteiger partial charge < -0.3 is 10.2 Å². The molecule has 0 aliphatic carbocycles. The van der Waals surface area contributed by atoms with E-state index in [0.29, 0.717) is 31.6 Å². The summed E-state index contributed by atoms with van der Waals surface area (Å²) in [5, 5.41) is 3.64. The minimum absolute atomic E-state index is 0.210. The first-order valence-corrected chi connectivity index (χ1v) is 10.1. The number of rotatable bonds is 4. The van der Waals surface area contributed by atoms with Gasteiger partial charge in [-0.05, 0) is 57.9 Å². The van der Waals surface area contributed by atoms with E-state index >= 15 is 0 Å². The average Bonchev–Trinajstić information content (AvgIpc) is 2.54. The summed E-state index contributed by atoms with van der Waals surface area (Å²) in [5.74, 6) is -0.537. The summed E-state index contributed by atoms with van der Waals surface area (Å²) in [6.45, 7) is 7.49. The van der Waals surface area contributed by atoms with E-state index in [2.05, 4.69) is 5.32 Å². The number of nitrogens with zero attached hydrogens (tertiary/aromatic N) is 1. The molecular weight excluding hydrogens is 356 g/mol. The summed E-state index contributed by atoms with van der Waals surface area (Å²) in [4.78, 5) is 28.5. The topological polar surface area (TPSA) is 92.8 Å². The Balaban J connectivity index is 1.99. The van der Waals surface area contributed by atoms with Crippen LogP contribution in [0.3, 0.4) is 0 Å². The van der Waals surface area contributed by atoms with E-state index in [0.717, 1.165) is 0 Å². The molecule has 1 aliphatic rings. The zero-order valence-electron chi connectivity index (χ0n) is 15.6. The Bertz CT molecular complexity index is 758. The van der Waals surface area contributed by atoms with Crippen molar-refractivity contribution in [2.24, 2.45) is 5.41 Å². The fraction of sp³-hybridized carbons (Fsp3) is 0.556. The van der Waals surface area contributed by atoms with Crippen LogP contribution < -0.4 is 5.32 Å². The van der Waals surface area contributed by atoms with Crippen molar-refractivity contribution in [3.8, 4) is 0 Å². The lowest BCUT2D eigenvalue weighted by molar-refractivity contribution is -0.203. The van der Waals surface area contributed by atoms with Crippen LogP contribution in [0.15, 0.2) is 29.2 Å². The van der Waals surface area contributed by atoms with Gasteiger partial charge in [-0.2, -0.15) is 0 Å². The minimum atomic E-state index is -3.47. The van der Waals surface area contributed by atoms with Crippen molar-refractivity contribution in [2.45, 2.75) is 50.7 Å². The Labute approximate surface area is 154 Å². The number of hydrogen-bond donors (Lipinski definition) is 1. The van der Waals surface area contributed by atoms with E-state index in [1.54, 1.807) is 38.0 Å². The highest BCUT2D eigenvalue weighted by Crippen LogP contribution is 2.26. The van der Waals surface area contributed by atoms with Gasteiger partial charge in [-0.15, -0.1) is 5.06 Å². The molecule has 0 atom stereocenters. The van der Waals surface area contributed by atoms with E-state index in [1.165, 1.54) is 19.1 Å². The van der Waals surface area contributed by atoms with Crippen LogP contribution in [0, 0.1) is 5.41 Å². The first kappa shape index (κ1) is 20.4. The van der Waals surface area contributed by atoms with Gasteiger partial charge in [-0.1, -0.05) is 0 Å². The molecule has 0 bridgehead atoms. The standard InChI is InChI=1S/C18H26N2O5S/c1-13(21)19-14-5-7-15(8-6-14)26(23,24)16-9-11-20(12-10-16)25-17(22)18(2,3)4/h5-8,16H,9-12H2,1-4H3,(H,19,21). The van der Waals surface area contributed by atoms with Crippen LogP contribution in [0.4, 0.5) is 5.69 Å². The maximum atomic E-state index is 12.8. The number of benzene rings is 1. The van der Waals surface area contributed by atoms with Crippen LogP contribution >= 0.6 is 0 Å². The Hall–Kier alpha value is -1.93. The smallest absolute Gasteiger partial charge is 0.330 e. The van der Waals surface area contributed by atoms with Crippen LogP contribution in [0.5, 0.6) is 0 Å². The fourth-order valence-corrected chi connectivity index (χ4v) is 4.34. The number of nitrogens with one attached hydrogen (secondary N) is 1. The van der Waals surface area contributed by atoms with Gasteiger partial charge in [0.15, 0.2) is 9.84 Å². The van der Waals surface area contributed by atoms with Gasteiger partial charge in [0, 0.05) is 25.7 Å². The van der Waals surface area contributed by atoms with Crippen LogP contribution in [-0.4, -0.2) is 43.7 Å². The number of piperidine rings is 1. The van der Waals surface area contributed by atoms with Gasteiger partial charge >= 0.3 is 5.97 Å². The first-order chi connectivity index (χ1) is 12.0. The molecule has 144 valence electrons. The largest absolute Gasteiger partial charge is 0.367 e. The molecule has 1 amide bonds. The van der Waals surface area contributed by atoms with E-state index in [-0.39, 0.29) is 16.8 Å². The normalized spacial score (nSPS) is 16.9. The summed E-state index contributed by atoms with van der Waals surface area (Å²) < 4.78 is 25.6.